The minimum Gasteiger partial charge on any atom is -0.385 e. The molecule has 0 aliphatic carbocycles. The highest BCUT2D eigenvalue weighted by molar-refractivity contribution is 7.89. The average molecular weight is 324 g/mol. The van der Waals surface area contributed by atoms with Gasteiger partial charge in [0.25, 0.3) is 0 Å². The van der Waals surface area contributed by atoms with Crippen LogP contribution in [-0.2, 0) is 10.0 Å². The summed E-state index contributed by atoms with van der Waals surface area (Å²) in [6.07, 6.45) is 0. The van der Waals surface area contributed by atoms with Crippen LogP contribution in [0.3, 0.4) is 0 Å². The maximum atomic E-state index is 12.6. The van der Waals surface area contributed by atoms with Gasteiger partial charge in [0, 0.05) is 24.2 Å². The normalized spacial score (nSPS) is 13.3. The van der Waals surface area contributed by atoms with E-state index in [2.05, 4.69) is 5.32 Å². The Bertz CT molecular complexity index is 664. The standard InChI is InChI=1S/C15H20N2O2S2/c1-4-16-13-7-9-14(10-8-13)21(18,19)17(3)12(2)15-6-5-11-20-15/h5-12,16H,4H2,1-3H3. The predicted octanol–water partition coefficient (Wildman–Crippen LogP) is 3.56. The number of sulfonamides is 1. The van der Waals surface area contributed by atoms with E-state index in [4.69, 9.17) is 0 Å². The van der Waals surface area contributed by atoms with Gasteiger partial charge in [-0.05, 0) is 49.6 Å². The van der Waals surface area contributed by atoms with Crippen molar-refractivity contribution < 1.29 is 8.42 Å². The van der Waals surface area contributed by atoms with Gasteiger partial charge in [0.15, 0.2) is 0 Å². The zero-order valence-corrected chi connectivity index (χ0v) is 14.0. The number of rotatable bonds is 6. The van der Waals surface area contributed by atoms with Gasteiger partial charge in [-0.3, -0.25) is 0 Å². The van der Waals surface area contributed by atoms with Crippen molar-refractivity contribution in [1.82, 2.24) is 4.31 Å². The molecule has 1 heterocycles. The first-order chi connectivity index (χ1) is 9.96. The molecule has 2 aromatic rings. The molecule has 0 fully saturated rings. The van der Waals surface area contributed by atoms with Crippen molar-refractivity contribution in [3.8, 4) is 0 Å². The summed E-state index contributed by atoms with van der Waals surface area (Å²) in [6.45, 7) is 4.71. The Morgan fingerprint density at radius 3 is 2.43 bits per heavy atom. The second-order valence-electron chi connectivity index (χ2n) is 4.77. The molecule has 1 unspecified atom stereocenters. The summed E-state index contributed by atoms with van der Waals surface area (Å²) in [5, 5.41) is 5.11. The fourth-order valence-corrected chi connectivity index (χ4v) is 4.27. The molecule has 0 saturated heterocycles. The van der Waals surface area contributed by atoms with Crippen LogP contribution in [0.2, 0.25) is 0 Å². The Balaban J connectivity index is 2.24. The number of nitrogens with zero attached hydrogens (tertiary/aromatic N) is 1. The summed E-state index contributed by atoms with van der Waals surface area (Å²) in [6, 6.07) is 10.6. The molecule has 21 heavy (non-hydrogen) atoms. The minimum absolute atomic E-state index is 0.177. The molecule has 0 saturated carbocycles. The summed E-state index contributed by atoms with van der Waals surface area (Å²) >= 11 is 1.56. The molecule has 1 atom stereocenters. The summed E-state index contributed by atoms with van der Waals surface area (Å²) in [7, 11) is -1.86. The average Bonchev–Trinajstić information content (AvgIpc) is 3.01. The van der Waals surface area contributed by atoms with E-state index < -0.39 is 10.0 Å². The zero-order chi connectivity index (χ0) is 15.5. The summed E-state index contributed by atoms with van der Waals surface area (Å²) in [5.41, 5.74) is 0.922. The van der Waals surface area contributed by atoms with Crippen molar-refractivity contribution in [2.24, 2.45) is 0 Å². The molecule has 1 aromatic heterocycles. The van der Waals surface area contributed by atoms with E-state index in [0.717, 1.165) is 17.1 Å². The molecule has 0 aliphatic heterocycles. The molecule has 0 radical (unpaired) electrons. The molecular weight excluding hydrogens is 304 g/mol. The van der Waals surface area contributed by atoms with E-state index in [-0.39, 0.29) is 6.04 Å². The molecule has 0 bridgehead atoms. The van der Waals surface area contributed by atoms with Crippen molar-refractivity contribution in [3.05, 3.63) is 46.7 Å². The second kappa shape index (κ2) is 6.60. The smallest absolute Gasteiger partial charge is 0.243 e. The second-order valence-corrected chi connectivity index (χ2v) is 7.74. The number of anilines is 1. The van der Waals surface area contributed by atoms with Gasteiger partial charge >= 0.3 is 0 Å². The molecule has 4 nitrogen and oxygen atoms in total. The largest absolute Gasteiger partial charge is 0.385 e. The highest BCUT2D eigenvalue weighted by Crippen LogP contribution is 2.28. The van der Waals surface area contributed by atoms with Gasteiger partial charge in [0.05, 0.1) is 10.9 Å². The molecule has 0 aliphatic rings. The Kier molecular flexibility index (Phi) is 5.03. The van der Waals surface area contributed by atoms with Gasteiger partial charge in [-0.15, -0.1) is 11.3 Å². The Morgan fingerprint density at radius 1 is 1.24 bits per heavy atom. The van der Waals surface area contributed by atoms with E-state index >= 15 is 0 Å². The van der Waals surface area contributed by atoms with Crippen LogP contribution in [0, 0.1) is 0 Å². The van der Waals surface area contributed by atoms with Crippen LogP contribution in [0.4, 0.5) is 5.69 Å². The summed E-state index contributed by atoms with van der Waals surface area (Å²) < 4.78 is 26.7. The maximum absolute atomic E-state index is 12.6. The molecule has 2 rings (SSSR count). The predicted molar refractivity (Wildman–Crippen MR) is 88.3 cm³/mol. The number of thiophene rings is 1. The van der Waals surface area contributed by atoms with E-state index in [0.29, 0.717) is 4.90 Å². The van der Waals surface area contributed by atoms with E-state index in [9.17, 15) is 8.42 Å². The van der Waals surface area contributed by atoms with E-state index in [1.165, 1.54) is 4.31 Å². The van der Waals surface area contributed by atoms with Crippen molar-refractivity contribution in [2.75, 3.05) is 18.9 Å². The van der Waals surface area contributed by atoms with Crippen molar-refractivity contribution in [1.29, 1.82) is 0 Å². The lowest BCUT2D eigenvalue weighted by atomic mass is 10.3. The first-order valence-electron chi connectivity index (χ1n) is 6.82. The fraction of sp³-hybridized carbons (Fsp3) is 0.333. The Hall–Kier alpha value is -1.37. The third-order valence-corrected chi connectivity index (χ3v) is 6.40. The molecule has 1 aromatic carbocycles. The fourth-order valence-electron chi connectivity index (χ4n) is 2.03. The van der Waals surface area contributed by atoms with Crippen molar-refractivity contribution in [3.63, 3.8) is 0 Å². The highest BCUT2D eigenvalue weighted by Gasteiger charge is 2.26. The van der Waals surface area contributed by atoms with Crippen LogP contribution in [0.1, 0.15) is 24.8 Å². The Labute approximate surface area is 130 Å². The first-order valence-corrected chi connectivity index (χ1v) is 9.14. The van der Waals surface area contributed by atoms with Crippen LogP contribution < -0.4 is 5.32 Å². The summed E-state index contributed by atoms with van der Waals surface area (Å²) in [5.74, 6) is 0. The van der Waals surface area contributed by atoms with Gasteiger partial charge < -0.3 is 5.32 Å². The van der Waals surface area contributed by atoms with Gasteiger partial charge in [-0.1, -0.05) is 6.07 Å². The highest BCUT2D eigenvalue weighted by atomic mass is 32.2. The third kappa shape index (κ3) is 3.45. The van der Waals surface area contributed by atoms with Crippen LogP contribution in [0.15, 0.2) is 46.7 Å². The molecule has 114 valence electrons. The van der Waals surface area contributed by atoms with Gasteiger partial charge in [-0.2, -0.15) is 4.31 Å². The molecule has 6 heteroatoms. The zero-order valence-electron chi connectivity index (χ0n) is 12.4. The number of nitrogens with one attached hydrogen (secondary N) is 1. The van der Waals surface area contributed by atoms with Crippen LogP contribution >= 0.6 is 11.3 Å². The van der Waals surface area contributed by atoms with Crippen LogP contribution in [0.5, 0.6) is 0 Å². The lowest BCUT2D eigenvalue weighted by Crippen LogP contribution is -2.29. The van der Waals surface area contributed by atoms with Gasteiger partial charge in [-0.25, -0.2) is 8.42 Å². The molecule has 0 amide bonds. The number of hydrogen-bond acceptors (Lipinski definition) is 4. The minimum atomic E-state index is -3.48. The maximum Gasteiger partial charge on any atom is 0.243 e. The molecule has 1 N–H and O–H groups in total. The SMILES string of the molecule is CCNc1ccc(S(=O)(=O)N(C)C(C)c2cccs2)cc1. The monoisotopic (exact) mass is 324 g/mol. The van der Waals surface area contributed by atoms with E-state index in [1.54, 1.807) is 42.6 Å². The molecule has 0 spiro atoms. The first kappa shape index (κ1) is 16.0. The number of hydrogen-bond donors (Lipinski definition) is 1. The third-order valence-electron chi connectivity index (χ3n) is 3.41. The van der Waals surface area contributed by atoms with Crippen LogP contribution in [-0.4, -0.2) is 26.3 Å². The summed E-state index contributed by atoms with van der Waals surface area (Å²) in [4.78, 5) is 1.35. The van der Waals surface area contributed by atoms with Crippen LogP contribution in [0.25, 0.3) is 0 Å². The van der Waals surface area contributed by atoms with Crippen molar-refractivity contribution in [2.45, 2.75) is 24.8 Å². The Morgan fingerprint density at radius 2 is 1.90 bits per heavy atom. The quantitative estimate of drug-likeness (QED) is 0.884. The number of benzene rings is 1. The van der Waals surface area contributed by atoms with E-state index in [1.807, 2.05) is 31.4 Å². The lowest BCUT2D eigenvalue weighted by Gasteiger charge is -2.23. The van der Waals surface area contributed by atoms with Crippen molar-refractivity contribution >= 4 is 27.0 Å². The van der Waals surface area contributed by atoms with Gasteiger partial charge in [0.1, 0.15) is 0 Å². The van der Waals surface area contributed by atoms with Gasteiger partial charge in [0.2, 0.25) is 10.0 Å². The molecular formula is C15H20N2O2S2. The lowest BCUT2D eigenvalue weighted by molar-refractivity contribution is 0.403. The topological polar surface area (TPSA) is 49.4 Å².